The van der Waals surface area contributed by atoms with E-state index in [1.165, 1.54) is 11.5 Å². The minimum Gasteiger partial charge on any atom is -0.310 e. The van der Waals surface area contributed by atoms with Crippen molar-refractivity contribution in [2.45, 2.75) is 6.92 Å². The van der Waals surface area contributed by atoms with Crippen molar-refractivity contribution < 1.29 is 4.79 Å². The molecule has 0 aliphatic carbocycles. The van der Waals surface area contributed by atoms with Crippen molar-refractivity contribution >= 4 is 17.3 Å². The fourth-order valence-corrected chi connectivity index (χ4v) is 1.22. The molecule has 1 aromatic rings. The van der Waals surface area contributed by atoms with Crippen LogP contribution < -0.4 is 5.32 Å². The molecule has 4 heteroatoms. The average Bonchev–Trinajstić information content (AvgIpc) is 2.52. The van der Waals surface area contributed by atoms with Crippen LogP contribution in [-0.2, 0) is 0 Å². The smallest absolute Gasteiger partial charge is 0.188 e. The van der Waals surface area contributed by atoms with Gasteiger partial charge in [-0.1, -0.05) is 6.92 Å². The molecule has 0 amide bonds. The lowest BCUT2D eigenvalue weighted by atomic mass is 10.3. The zero-order chi connectivity index (χ0) is 8.10. The molecule has 11 heavy (non-hydrogen) atoms. The molecular weight excluding hydrogens is 160 g/mol. The highest BCUT2D eigenvalue weighted by molar-refractivity contribution is 7.08. The van der Waals surface area contributed by atoms with Gasteiger partial charge in [-0.2, -0.15) is 0 Å². The molecule has 0 atom stereocenters. The number of aromatic nitrogens is 1. The number of hydrogen-bond acceptors (Lipinski definition) is 4. The molecule has 0 spiro atoms. The predicted molar refractivity (Wildman–Crippen MR) is 45.0 cm³/mol. The molecular formula is C7H10N2OS. The average molecular weight is 170 g/mol. The molecule has 0 unspecified atom stereocenters. The summed E-state index contributed by atoms with van der Waals surface area (Å²) in [4.78, 5) is 11.9. The molecule has 1 rings (SSSR count). The van der Waals surface area contributed by atoms with E-state index in [-0.39, 0.29) is 5.78 Å². The fraction of sp³-hybridized carbons (Fsp3) is 0.429. The van der Waals surface area contributed by atoms with E-state index in [2.05, 4.69) is 9.69 Å². The van der Waals surface area contributed by atoms with Crippen LogP contribution in [0, 0.1) is 0 Å². The van der Waals surface area contributed by atoms with E-state index in [0.717, 1.165) is 11.4 Å². The molecule has 0 saturated heterocycles. The maximum Gasteiger partial charge on any atom is 0.188 e. The van der Waals surface area contributed by atoms with Gasteiger partial charge in [0.1, 0.15) is 0 Å². The largest absolute Gasteiger partial charge is 0.310 e. The van der Waals surface area contributed by atoms with Crippen molar-refractivity contribution in [1.82, 2.24) is 9.69 Å². The highest BCUT2D eigenvalue weighted by atomic mass is 32.1. The van der Waals surface area contributed by atoms with Crippen LogP contribution in [0.5, 0.6) is 0 Å². The summed E-state index contributed by atoms with van der Waals surface area (Å²) in [6.07, 6.45) is 1.64. The topological polar surface area (TPSA) is 42.0 Å². The standard InChI is InChI=1S/C7H10N2OS/c1-2-8-5-6(10)7-3-4-9-11-7/h3-4,8H,2,5H2,1H3. The van der Waals surface area contributed by atoms with E-state index in [9.17, 15) is 4.79 Å². The molecule has 1 heterocycles. The Balaban J connectivity index is 2.43. The van der Waals surface area contributed by atoms with Crippen LogP contribution in [0.1, 0.15) is 16.6 Å². The number of likely N-dealkylation sites (N-methyl/N-ethyl adjacent to an activating group) is 1. The summed E-state index contributed by atoms with van der Waals surface area (Å²) in [6.45, 7) is 3.21. The summed E-state index contributed by atoms with van der Waals surface area (Å²) in [5, 5.41) is 2.97. The van der Waals surface area contributed by atoms with Gasteiger partial charge in [0.25, 0.3) is 0 Å². The molecule has 0 bridgehead atoms. The Morgan fingerprint density at radius 2 is 2.64 bits per heavy atom. The van der Waals surface area contributed by atoms with Crippen LogP contribution in [0.2, 0.25) is 0 Å². The number of carbonyl (C=O) groups excluding carboxylic acids is 1. The number of nitrogens with one attached hydrogen (secondary N) is 1. The van der Waals surface area contributed by atoms with Crippen LogP contribution in [-0.4, -0.2) is 23.2 Å². The lowest BCUT2D eigenvalue weighted by Crippen LogP contribution is -2.21. The Bertz CT molecular complexity index is 220. The zero-order valence-electron chi connectivity index (χ0n) is 6.33. The quantitative estimate of drug-likeness (QED) is 0.684. The van der Waals surface area contributed by atoms with Gasteiger partial charge in [0, 0.05) is 6.20 Å². The number of Topliss-reactive ketones (excluding diaryl/α,β-unsaturated/α-hetero) is 1. The first-order chi connectivity index (χ1) is 5.34. The van der Waals surface area contributed by atoms with Crippen LogP contribution in [0.4, 0.5) is 0 Å². The SMILES string of the molecule is CCNCC(=O)c1ccns1. The van der Waals surface area contributed by atoms with Gasteiger partial charge in [-0.3, -0.25) is 4.79 Å². The lowest BCUT2D eigenvalue weighted by Gasteiger charge is -1.95. The van der Waals surface area contributed by atoms with E-state index >= 15 is 0 Å². The minimum absolute atomic E-state index is 0.120. The summed E-state index contributed by atoms with van der Waals surface area (Å²) in [5.74, 6) is 0.120. The molecule has 0 saturated carbocycles. The molecule has 0 aromatic carbocycles. The molecule has 0 radical (unpaired) electrons. The molecule has 0 aliphatic heterocycles. The van der Waals surface area contributed by atoms with Gasteiger partial charge >= 0.3 is 0 Å². The van der Waals surface area contributed by atoms with Gasteiger partial charge in [0.2, 0.25) is 0 Å². The zero-order valence-corrected chi connectivity index (χ0v) is 7.15. The van der Waals surface area contributed by atoms with Crippen molar-refractivity contribution in [2.75, 3.05) is 13.1 Å². The normalized spacial score (nSPS) is 9.91. The molecule has 3 nitrogen and oxygen atoms in total. The lowest BCUT2D eigenvalue weighted by molar-refractivity contribution is 0.0995. The van der Waals surface area contributed by atoms with Crippen LogP contribution >= 0.6 is 11.5 Å². The van der Waals surface area contributed by atoms with Crippen molar-refractivity contribution in [1.29, 1.82) is 0 Å². The number of nitrogens with zero attached hydrogens (tertiary/aromatic N) is 1. The minimum atomic E-state index is 0.120. The summed E-state index contributed by atoms with van der Waals surface area (Å²) in [7, 11) is 0. The Morgan fingerprint density at radius 1 is 1.82 bits per heavy atom. The number of rotatable bonds is 4. The Labute approximate surface area is 69.6 Å². The summed E-state index contributed by atoms with van der Waals surface area (Å²) >= 11 is 1.24. The van der Waals surface area contributed by atoms with E-state index in [4.69, 9.17) is 0 Å². The van der Waals surface area contributed by atoms with Crippen LogP contribution in [0.15, 0.2) is 12.3 Å². The second-order valence-corrected chi connectivity index (χ2v) is 2.91. The third-order valence-corrected chi connectivity index (χ3v) is 2.04. The van der Waals surface area contributed by atoms with Crippen molar-refractivity contribution in [2.24, 2.45) is 0 Å². The first kappa shape index (κ1) is 8.36. The highest BCUT2D eigenvalue weighted by Crippen LogP contribution is 2.04. The summed E-state index contributed by atoms with van der Waals surface area (Å²) in [6, 6.07) is 1.74. The van der Waals surface area contributed by atoms with Crippen molar-refractivity contribution in [3.63, 3.8) is 0 Å². The van der Waals surface area contributed by atoms with Crippen molar-refractivity contribution in [3.8, 4) is 0 Å². The van der Waals surface area contributed by atoms with Crippen LogP contribution in [0.25, 0.3) is 0 Å². The van der Waals surface area contributed by atoms with Crippen LogP contribution in [0.3, 0.4) is 0 Å². The third-order valence-electron chi connectivity index (χ3n) is 1.25. The van der Waals surface area contributed by atoms with Gasteiger partial charge < -0.3 is 5.32 Å². The van der Waals surface area contributed by atoms with Gasteiger partial charge in [-0.25, -0.2) is 4.37 Å². The maximum absolute atomic E-state index is 11.2. The van der Waals surface area contributed by atoms with Gasteiger partial charge in [-0.05, 0) is 24.1 Å². The predicted octanol–water partition coefficient (Wildman–Crippen LogP) is 0.935. The Morgan fingerprint density at radius 3 is 3.18 bits per heavy atom. The van der Waals surface area contributed by atoms with Gasteiger partial charge in [0.05, 0.1) is 11.4 Å². The fourth-order valence-electron chi connectivity index (χ4n) is 0.685. The number of ketones is 1. The highest BCUT2D eigenvalue weighted by Gasteiger charge is 2.04. The second kappa shape index (κ2) is 4.20. The third kappa shape index (κ3) is 2.40. The van der Waals surface area contributed by atoms with E-state index in [1.807, 2.05) is 6.92 Å². The Kier molecular flexibility index (Phi) is 3.19. The number of carbonyl (C=O) groups is 1. The van der Waals surface area contributed by atoms with E-state index in [1.54, 1.807) is 12.3 Å². The Hall–Kier alpha value is -0.740. The first-order valence-corrected chi connectivity index (χ1v) is 4.26. The number of hydrogen-bond donors (Lipinski definition) is 1. The van der Waals surface area contributed by atoms with Gasteiger partial charge in [0.15, 0.2) is 5.78 Å². The molecule has 0 fully saturated rings. The molecule has 60 valence electrons. The monoisotopic (exact) mass is 170 g/mol. The van der Waals surface area contributed by atoms with E-state index in [0.29, 0.717) is 6.54 Å². The molecule has 1 N–H and O–H groups in total. The second-order valence-electron chi connectivity index (χ2n) is 2.08. The van der Waals surface area contributed by atoms with E-state index < -0.39 is 0 Å². The van der Waals surface area contributed by atoms with Crippen molar-refractivity contribution in [3.05, 3.63) is 17.1 Å². The molecule has 0 aliphatic rings. The van der Waals surface area contributed by atoms with Gasteiger partial charge in [-0.15, -0.1) is 0 Å². The molecule has 1 aromatic heterocycles. The summed E-state index contributed by atoms with van der Waals surface area (Å²) < 4.78 is 3.84. The maximum atomic E-state index is 11.2. The first-order valence-electron chi connectivity index (χ1n) is 3.49. The summed E-state index contributed by atoms with van der Waals surface area (Å²) in [5.41, 5.74) is 0.